The average Bonchev–Trinajstić information content (AvgIpc) is 2.38. The van der Waals surface area contributed by atoms with E-state index in [0.717, 1.165) is 11.1 Å². The lowest BCUT2D eigenvalue weighted by molar-refractivity contribution is 0.0697. The SMILES string of the molecule is O=C(O)c1ccc(/C=C/c2ccnnc2)cc1. The van der Waals surface area contributed by atoms with Gasteiger partial charge in [-0.2, -0.15) is 10.2 Å². The van der Waals surface area contributed by atoms with Crippen molar-refractivity contribution in [2.75, 3.05) is 0 Å². The van der Waals surface area contributed by atoms with E-state index in [4.69, 9.17) is 5.11 Å². The smallest absolute Gasteiger partial charge is 0.335 e. The Balaban J connectivity index is 2.14. The van der Waals surface area contributed by atoms with Gasteiger partial charge < -0.3 is 5.11 Å². The van der Waals surface area contributed by atoms with Gasteiger partial charge in [0.05, 0.1) is 18.0 Å². The molecule has 0 fully saturated rings. The van der Waals surface area contributed by atoms with Gasteiger partial charge in [0.15, 0.2) is 0 Å². The summed E-state index contributed by atoms with van der Waals surface area (Å²) in [5.74, 6) is -0.918. The lowest BCUT2D eigenvalue weighted by atomic mass is 10.1. The summed E-state index contributed by atoms with van der Waals surface area (Å²) in [6.07, 6.45) is 7.06. The van der Waals surface area contributed by atoms with Crippen LogP contribution in [-0.2, 0) is 0 Å². The Bertz CT molecular complexity index is 533. The van der Waals surface area contributed by atoms with Crippen molar-refractivity contribution in [1.29, 1.82) is 0 Å². The molecule has 4 nitrogen and oxygen atoms in total. The summed E-state index contributed by atoms with van der Waals surface area (Å²) >= 11 is 0. The number of aromatic nitrogens is 2. The molecule has 0 atom stereocenters. The van der Waals surface area contributed by atoms with Crippen LogP contribution >= 0.6 is 0 Å². The summed E-state index contributed by atoms with van der Waals surface area (Å²) in [6, 6.07) is 8.51. The topological polar surface area (TPSA) is 63.1 Å². The molecule has 1 N–H and O–H groups in total. The molecule has 0 bridgehead atoms. The monoisotopic (exact) mass is 226 g/mol. The van der Waals surface area contributed by atoms with Crippen LogP contribution in [-0.4, -0.2) is 21.3 Å². The van der Waals surface area contributed by atoms with E-state index in [1.165, 1.54) is 0 Å². The Morgan fingerprint density at radius 3 is 2.29 bits per heavy atom. The third-order valence-corrected chi connectivity index (χ3v) is 2.23. The highest BCUT2D eigenvalue weighted by Crippen LogP contribution is 2.08. The second kappa shape index (κ2) is 5.03. The number of carboxylic acid groups (broad SMARTS) is 1. The van der Waals surface area contributed by atoms with Crippen molar-refractivity contribution >= 4 is 18.1 Å². The standard InChI is InChI=1S/C13H10N2O2/c16-13(17)12-5-3-10(4-6-12)1-2-11-7-8-14-15-9-11/h1-9H,(H,16,17)/b2-1+. The molecule has 1 aromatic carbocycles. The van der Waals surface area contributed by atoms with Crippen molar-refractivity contribution in [3.8, 4) is 0 Å². The molecule has 17 heavy (non-hydrogen) atoms. The zero-order valence-electron chi connectivity index (χ0n) is 8.95. The van der Waals surface area contributed by atoms with Crippen LogP contribution in [0.2, 0.25) is 0 Å². The number of benzene rings is 1. The zero-order valence-corrected chi connectivity index (χ0v) is 8.95. The van der Waals surface area contributed by atoms with Gasteiger partial charge in [0, 0.05) is 0 Å². The van der Waals surface area contributed by atoms with Crippen molar-refractivity contribution in [1.82, 2.24) is 10.2 Å². The molecular formula is C13H10N2O2. The van der Waals surface area contributed by atoms with Crippen LogP contribution in [0.3, 0.4) is 0 Å². The van der Waals surface area contributed by atoms with E-state index >= 15 is 0 Å². The number of hydrogen-bond acceptors (Lipinski definition) is 3. The van der Waals surface area contributed by atoms with Gasteiger partial charge >= 0.3 is 5.97 Å². The second-order valence-corrected chi connectivity index (χ2v) is 3.44. The molecule has 2 rings (SSSR count). The van der Waals surface area contributed by atoms with E-state index in [0.29, 0.717) is 0 Å². The van der Waals surface area contributed by atoms with Crippen molar-refractivity contribution in [3.05, 3.63) is 59.4 Å². The van der Waals surface area contributed by atoms with Crippen LogP contribution in [0, 0.1) is 0 Å². The normalized spacial score (nSPS) is 10.6. The van der Waals surface area contributed by atoms with Crippen LogP contribution < -0.4 is 0 Å². The summed E-state index contributed by atoms with van der Waals surface area (Å²) in [5, 5.41) is 16.2. The van der Waals surface area contributed by atoms with Crippen LogP contribution in [0.4, 0.5) is 0 Å². The van der Waals surface area contributed by atoms with E-state index in [2.05, 4.69) is 10.2 Å². The lowest BCUT2D eigenvalue weighted by Gasteiger charge is -1.96. The summed E-state index contributed by atoms with van der Waals surface area (Å²) in [6.45, 7) is 0. The maximum atomic E-state index is 10.7. The van der Waals surface area contributed by atoms with E-state index in [9.17, 15) is 4.79 Å². The molecule has 0 unspecified atom stereocenters. The maximum absolute atomic E-state index is 10.7. The first kappa shape index (κ1) is 11.0. The first-order chi connectivity index (χ1) is 8.25. The first-order valence-corrected chi connectivity index (χ1v) is 5.04. The number of rotatable bonds is 3. The minimum absolute atomic E-state index is 0.285. The van der Waals surface area contributed by atoms with Gasteiger partial charge in [0.2, 0.25) is 0 Å². The number of carboxylic acids is 1. The molecule has 0 spiro atoms. The largest absolute Gasteiger partial charge is 0.478 e. The molecular weight excluding hydrogens is 216 g/mol. The second-order valence-electron chi connectivity index (χ2n) is 3.44. The molecule has 84 valence electrons. The van der Waals surface area contributed by atoms with Gasteiger partial charge in [0.1, 0.15) is 0 Å². The Hall–Kier alpha value is -2.49. The Labute approximate surface area is 98.3 Å². The fourth-order valence-corrected chi connectivity index (χ4v) is 1.33. The quantitative estimate of drug-likeness (QED) is 0.872. The van der Waals surface area contributed by atoms with Gasteiger partial charge in [-0.3, -0.25) is 0 Å². The predicted molar refractivity (Wildman–Crippen MR) is 64.4 cm³/mol. The molecule has 1 heterocycles. The van der Waals surface area contributed by atoms with E-state index in [1.54, 1.807) is 36.7 Å². The molecule has 0 aliphatic heterocycles. The summed E-state index contributed by atoms with van der Waals surface area (Å²) in [7, 11) is 0. The highest BCUT2D eigenvalue weighted by molar-refractivity contribution is 5.88. The third kappa shape index (κ3) is 2.98. The van der Waals surface area contributed by atoms with Gasteiger partial charge in [-0.15, -0.1) is 0 Å². The van der Waals surface area contributed by atoms with E-state index in [1.807, 2.05) is 18.2 Å². The van der Waals surface area contributed by atoms with Crippen molar-refractivity contribution in [2.24, 2.45) is 0 Å². The Kier molecular flexibility index (Phi) is 3.25. The maximum Gasteiger partial charge on any atom is 0.335 e. The van der Waals surface area contributed by atoms with Gasteiger partial charge in [-0.25, -0.2) is 4.79 Å². The molecule has 0 saturated carbocycles. The van der Waals surface area contributed by atoms with Crippen molar-refractivity contribution in [3.63, 3.8) is 0 Å². The van der Waals surface area contributed by atoms with Crippen LogP contribution in [0.1, 0.15) is 21.5 Å². The molecule has 0 amide bonds. The highest BCUT2D eigenvalue weighted by atomic mass is 16.4. The van der Waals surface area contributed by atoms with E-state index < -0.39 is 5.97 Å². The molecule has 0 radical (unpaired) electrons. The fraction of sp³-hybridized carbons (Fsp3) is 0. The summed E-state index contributed by atoms with van der Waals surface area (Å²) in [4.78, 5) is 10.7. The van der Waals surface area contributed by atoms with Crippen molar-refractivity contribution in [2.45, 2.75) is 0 Å². The van der Waals surface area contributed by atoms with Gasteiger partial charge in [-0.1, -0.05) is 24.3 Å². The number of aromatic carboxylic acids is 1. The molecule has 1 aromatic heterocycles. The summed E-state index contributed by atoms with van der Waals surface area (Å²) < 4.78 is 0. The third-order valence-electron chi connectivity index (χ3n) is 2.23. The van der Waals surface area contributed by atoms with Gasteiger partial charge in [-0.05, 0) is 29.3 Å². The zero-order chi connectivity index (χ0) is 12.1. The molecule has 0 saturated heterocycles. The average molecular weight is 226 g/mol. The lowest BCUT2D eigenvalue weighted by Crippen LogP contribution is -1.94. The Morgan fingerprint density at radius 2 is 1.71 bits per heavy atom. The minimum atomic E-state index is -0.918. The minimum Gasteiger partial charge on any atom is -0.478 e. The summed E-state index contributed by atoms with van der Waals surface area (Å²) in [5.41, 5.74) is 2.17. The van der Waals surface area contributed by atoms with Crippen LogP contribution in [0.15, 0.2) is 42.7 Å². The van der Waals surface area contributed by atoms with Crippen LogP contribution in [0.5, 0.6) is 0 Å². The predicted octanol–water partition coefficient (Wildman–Crippen LogP) is 2.35. The van der Waals surface area contributed by atoms with Crippen molar-refractivity contribution < 1.29 is 9.90 Å². The first-order valence-electron chi connectivity index (χ1n) is 5.04. The number of hydrogen-bond donors (Lipinski definition) is 1. The molecule has 0 aliphatic carbocycles. The molecule has 0 aliphatic rings. The molecule has 4 heteroatoms. The number of carbonyl (C=O) groups is 1. The van der Waals surface area contributed by atoms with Gasteiger partial charge in [0.25, 0.3) is 0 Å². The highest BCUT2D eigenvalue weighted by Gasteiger charge is 1.99. The van der Waals surface area contributed by atoms with Crippen LogP contribution in [0.25, 0.3) is 12.2 Å². The number of nitrogens with zero attached hydrogens (tertiary/aromatic N) is 2. The fourth-order valence-electron chi connectivity index (χ4n) is 1.33. The Morgan fingerprint density at radius 1 is 1.00 bits per heavy atom. The molecule has 2 aromatic rings. The van der Waals surface area contributed by atoms with E-state index in [-0.39, 0.29) is 5.56 Å².